The number of carbonyl (C=O) groups is 1. The summed E-state index contributed by atoms with van der Waals surface area (Å²) < 4.78 is 5.81. The minimum absolute atomic E-state index is 0.106. The lowest BCUT2D eigenvalue weighted by Gasteiger charge is -2.33. The molecule has 17 heavy (non-hydrogen) atoms. The number of esters is 1. The van der Waals surface area contributed by atoms with E-state index in [1.165, 1.54) is 0 Å². The minimum atomic E-state index is -0.296. The molecule has 2 nitrogen and oxygen atoms in total. The van der Waals surface area contributed by atoms with Crippen molar-refractivity contribution in [2.45, 2.75) is 52.6 Å². The smallest absolute Gasteiger partial charge is 0.334 e. The maximum Gasteiger partial charge on any atom is 0.334 e. The van der Waals surface area contributed by atoms with Crippen molar-refractivity contribution in [3.05, 3.63) is 23.3 Å². The Balaban J connectivity index is 2.40. The summed E-state index contributed by atoms with van der Waals surface area (Å²) in [5.74, 6) is 0.660. The van der Waals surface area contributed by atoms with Gasteiger partial charge in [-0.1, -0.05) is 24.6 Å². The molecule has 1 saturated heterocycles. The van der Waals surface area contributed by atoms with E-state index in [4.69, 9.17) is 4.74 Å². The maximum atomic E-state index is 12.0. The first-order valence-corrected chi connectivity index (χ1v) is 6.43. The first-order chi connectivity index (χ1) is 7.88. The Bertz CT molecular complexity index is 401. The Morgan fingerprint density at radius 1 is 1.35 bits per heavy atom. The summed E-state index contributed by atoms with van der Waals surface area (Å²) in [6.07, 6.45) is 2.99. The molecule has 1 spiro atoms. The number of ether oxygens (including phenoxy) is 1. The van der Waals surface area contributed by atoms with E-state index >= 15 is 0 Å². The van der Waals surface area contributed by atoms with E-state index in [9.17, 15) is 4.79 Å². The van der Waals surface area contributed by atoms with Crippen LogP contribution in [0.25, 0.3) is 0 Å². The third-order valence-electron chi connectivity index (χ3n) is 4.49. The molecular formula is C15H22O2. The van der Waals surface area contributed by atoms with Gasteiger partial charge in [0.15, 0.2) is 0 Å². The second-order valence-corrected chi connectivity index (χ2v) is 5.88. The molecule has 0 amide bonds. The van der Waals surface area contributed by atoms with Crippen molar-refractivity contribution in [3.63, 3.8) is 0 Å². The molecule has 0 aromatic rings. The molecule has 1 aliphatic carbocycles. The fraction of sp³-hybridized carbons (Fsp3) is 0.667. The predicted octanol–water partition coefficient (Wildman–Crippen LogP) is 3.63. The Morgan fingerprint density at radius 2 is 2.00 bits per heavy atom. The molecule has 1 aliphatic heterocycles. The average Bonchev–Trinajstić information content (AvgIpc) is 2.71. The summed E-state index contributed by atoms with van der Waals surface area (Å²) in [5.41, 5.74) is 2.82. The largest absolute Gasteiger partial charge is 0.454 e. The van der Waals surface area contributed by atoms with Crippen molar-refractivity contribution < 1.29 is 9.53 Å². The average molecular weight is 234 g/mol. The van der Waals surface area contributed by atoms with Gasteiger partial charge in [0.25, 0.3) is 0 Å². The van der Waals surface area contributed by atoms with Crippen LogP contribution in [0.4, 0.5) is 0 Å². The molecule has 0 unspecified atom stereocenters. The Morgan fingerprint density at radius 3 is 2.47 bits per heavy atom. The fourth-order valence-corrected chi connectivity index (χ4v) is 3.38. The molecular weight excluding hydrogens is 212 g/mol. The van der Waals surface area contributed by atoms with Gasteiger partial charge in [-0.05, 0) is 39.5 Å². The topological polar surface area (TPSA) is 26.3 Å². The SMILES string of the molecule is C=C(C)[C@@H]1CC[C@H](C)[C@]12CC(=C(C)C)C(=O)O2. The van der Waals surface area contributed by atoms with E-state index in [0.29, 0.717) is 11.8 Å². The molecule has 0 aromatic carbocycles. The number of hydrogen-bond donors (Lipinski definition) is 0. The van der Waals surface area contributed by atoms with E-state index in [1.54, 1.807) is 0 Å². The summed E-state index contributed by atoms with van der Waals surface area (Å²) in [5, 5.41) is 0. The van der Waals surface area contributed by atoms with Crippen LogP contribution in [0.5, 0.6) is 0 Å². The maximum absolute atomic E-state index is 12.0. The van der Waals surface area contributed by atoms with Crippen molar-refractivity contribution >= 4 is 5.97 Å². The van der Waals surface area contributed by atoms with Crippen molar-refractivity contribution in [1.29, 1.82) is 0 Å². The molecule has 2 fully saturated rings. The molecule has 2 heteroatoms. The van der Waals surface area contributed by atoms with Crippen LogP contribution >= 0.6 is 0 Å². The van der Waals surface area contributed by atoms with E-state index in [1.807, 2.05) is 13.8 Å². The summed E-state index contributed by atoms with van der Waals surface area (Å²) in [7, 11) is 0. The molecule has 94 valence electrons. The summed E-state index contributed by atoms with van der Waals surface area (Å²) in [4.78, 5) is 12.0. The zero-order valence-corrected chi connectivity index (χ0v) is 11.3. The highest BCUT2D eigenvalue weighted by Gasteiger charge is 2.56. The van der Waals surface area contributed by atoms with Gasteiger partial charge in [0.2, 0.25) is 0 Å². The summed E-state index contributed by atoms with van der Waals surface area (Å²) in [6.45, 7) is 12.3. The van der Waals surface area contributed by atoms with Crippen LogP contribution in [0.3, 0.4) is 0 Å². The molecule has 3 atom stereocenters. The Labute approximate surface area is 104 Å². The molecule has 1 heterocycles. The van der Waals surface area contributed by atoms with Gasteiger partial charge in [-0.2, -0.15) is 0 Å². The van der Waals surface area contributed by atoms with Crippen LogP contribution in [0, 0.1) is 11.8 Å². The molecule has 2 aliphatic rings. The van der Waals surface area contributed by atoms with E-state index in [0.717, 1.165) is 36.0 Å². The first kappa shape index (κ1) is 12.4. The van der Waals surface area contributed by atoms with Crippen molar-refractivity contribution in [2.75, 3.05) is 0 Å². The molecule has 0 radical (unpaired) electrons. The van der Waals surface area contributed by atoms with E-state index in [-0.39, 0.29) is 11.6 Å². The van der Waals surface area contributed by atoms with Gasteiger partial charge in [-0.15, -0.1) is 0 Å². The van der Waals surface area contributed by atoms with E-state index in [2.05, 4.69) is 20.4 Å². The van der Waals surface area contributed by atoms with Crippen molar-refractivity contribution in [2.24, 2.45) is 11.8 Å². The lowest BCUT2D eigenvalue weighted by atomic mass is 9.78. The van der Waals surface area contributed by atoms with Gasteiger partial charge in [-0.3, -0.25) is 0 Å². The molecule has 0 N–H and O–H groups in total. The normalized spacial score (nSPS) is 36.5. The summed E-state index contributed by atoms with van der Waals surface area (Å²) in [6, 6.07) is 0. The predicted molar refractivity (Wildman–Crippen MR) is 68.5 cm³/mol. The van der Waals surface area contributed by atoms with Crippen LogP contribution < -0.4 is 0 Å². The molecule has 2 rings (SSSR count). The standard InChI is InChI=1S/C15H22O2/c1-9(2)12-8-15(17-14(12)16)11(5)6-7-13(15)10(3)4/h11,13H,3,6-8H2,1-2,4-5H3/t11-,13-,15+/m0/s1. The lowest BCUT2D eigenvalue weighted by molar-refractivity contribution is -0.151. The van der Waals surface area contributed by atoms with Crippen molar-refractivity contribution in [3.8, 4) is 0 Å². The second kappa shape index (κ2) is 4.01. The van der Waals surface area contributed by atoms with Crippen LogP contribution in [0.15, 0.2) is 23.3 Å². The Hall–Kier alpha value is -1.05. The van der Waals surface area contributed by atoms with Crippen molar-refractivity contribution in [1.82, 2.24) is 0 Å². The Kier molecular flexibility index (Phi) is 2.92. The van der Waals surface area contributed by atoms with Crippen LogP contribution in [0.1, 0.15) is 47.0 Å². The quantitative estimate of drug-likeness (QED) is 0.393. The lowest BCUT2D eigenvalue weighted by Crippen LogP contribution is -2.38. The third-order valence-corrected chi connectivity index (χ3v) is 4.49. The fourth-order valence-electron chi connectivity index (χ4n) is 3.38. The molecule has 0 bridgehead atoms. The minimum Gasteiger partial charge on any atom is -0.454 e. The van der Waals surface area contributed by atoms with Gasteiger partial charge >= 0.3 is 5.97 Å². The number of carbonyl (C=O) groups excluding carboxylic acids is 1. The highest BCUT2D eigenvalue weighted by molar-refractivity contribution is 5.92. The third kappa shape index (κ3) is 1.74. The van der Waals surface area contributed by atoms with Gasteiger partial charge in [0.05, 0.1) is 0 Å². The van der Waals surface area contributed by atoms with Gasteiger partial charge in [-0.25, -0.2) is 4.79 Å². The number of allylic oxidation sites excluding steroid dienone is 1. The molecule has 1 saturated carbocycles. The highest BCUT2D eigenvalue weighted by Crippen LogP contribution is 2.53. The van der Waals surface area contributed by atoms with Crippen LogP contribution in [-0.2, 0) is 9.53 Å². The van der Waals surface area contributed by atoms with Gasteiger partial charge < -0.3 is 4.74 Å². The monoisotopic (exact) mass is 234 g/mol. The van der Waals surface area contributed by atoms with Crippen LogP contribution in [-0.4, -0.2) is 11.6 Å². The van der Waals surface area contributed by atoms with E-state index < -0.39 is 0 Å². The summed E-state index contributed by atoms with van der Waals surface area (Å²) >= 11 is 0. The van der Waals surface area contributed by atoms with Crippen LogP contribution in [0.2, 0.25) is 0 Å². The second-order valence-electron chi connectivity index (χ2n) is 5.88. The number of rotatable bonds is 1. The zero-order chi connectivity index (χ0) is 12.8. The van der Waals surface area contributed by atoms with Gasteiger partial charge in [0, 0.05) is 17.9 Å². The zero-order valence-electron chi connectivity index (χ0n) is 11.3. The molecule has 0 aromatic heterocycles. The number of hydrogen-bond acceptors (Lipinski definition) is 2. The van der Waals surface area contributed by atoms with Gasteiger partial charge in [0.1, 0.15) is 5.60 Å². The highest BCUT2D eigenvalue weighted by atomic mass is 16.6. The first-order valence-electron chi connectivity index (χ1n) is 6.43.